The second-order valence-corrected chi connectivity index (χ2v) is 4.75. The number of ether oxygens (including phenoxy) is 1. The smallest absolute Gasteiger partial charge is 0.380 e. The Morgan fingerprint density at radius 3 is 2.29 bits per heavy atom. The molecule has 24 heavy (non-hydrogen) atoms. The van der Waals surface area contributed by atoms with Crippen molar-refractivity contribution in [1.29, 1.82) is 0 Å². The van der Waals surface area contributed by atoms with E-state index in [1.807, 2.05) is 0 Å². The van der Waals surface area contributed by atoms with Gasteiger partial charge < -0.3 is 9.84 Å². The van der Waals surface area contributed by atoms with Crippen molar-refractivity contribution in [1.82, 2.24) is 0 Å². The minimum atomic E-state index is -1.39. The van der Waals surface area contributed by atoms with Gasteiger partial charge in [0.25, 0.3) is 0 Å². The highest BCUT2D eigenvalue weighted by atomic mass is 17.2. The first-order valence-electron chi connectivity index (χ1n) is 7.07. The Hall–Kier alpha value is -3.12. The van der Waals surface area contributed by atoms with E-state index in [4.69, 9.17) is 14.7 Å². The van der Waals surface area contributed by atoms with Gasteiger partial charge in [-0.15, -0.1) is 0 Å². The molecule has 0 spiro atoms. The fourth-order valence-corrected chi connectivity index (χ4v) is 1.84. The SMILES string of the molecule is COc1ccc(COOC(=O)C(=Cc2ccccc2)C(=O)O)cc1. The van der Waals surface area contributed by atoms with Gasteiger partial charge in [-0.05, 0) is 29.3 Å². The zero-order valence-corrected chi connectivity index (χ0v) is 13.0. The average Bonchev–Trinajstić information content (AvgIpc) is 2.60. The van der Waals surface area contributed by atoms with Crippen molar-refractivity contribution in [2.45, 2.75) is 6.61 Å². The summed E-state index contributed by atoms with van der Waals surface area (Å²) in [6.07, 6.45) is 1.22. The van der Waals surface area contributed by atoms with Crippen molar-refractivity contribution in [3.63, 3.8) is 0 Å². The summed E-state index contributed by atoms with van der Waals surface area (Å²) in [7, 11) is 1.56. The second kappa shape index (κ2) is 8.50. The molecule has 1 N–H and O–H groups in total. The zero-order valence-electron chi connectivity index (χ0n) is 13.0. The molecule has 2 aromatic carbocycles. The standard InChI is InChI=1S/C18H16O6/c1-22-15-9-7-14(8-10-15)12-23-24-18(21)16(17(19)20)11-13-5-3-2-4-6-13/h2-11H,12H2,1H3,(H,19,20). The molecular weight excluding hydrogens is 312 g/mol. The van der Waals surface area contributed by atoms with E-state index in [2.05, 4.69) is 4.89 Å². The number of carboxylic acid groups (broad SMARTS) is 1. The molecule has 6 nitrogen and oxygen atoms in total. The molecule has 2 rings (SSSR count). The van der Waals surface area contributed by atoms with Crippen LogP contribution in [-0.2, 0) is 26.0 Å². The van der Waals surface area contributed by atoms with Gasteiger partial charge in [-0.1, -0.05) is 42.5 Å². The van der Waals surface area contributed by atoms with Crippen molar-refractivity contribution in [2.24, 2.45) is 0 Å². The third-order valence-corrected chi connectivity index (χ3v) is 3.08. The van der Waals surface area contributed by atoms with Gasteiger partial charge in [0, 0.05) is 0 Å². The van der Waals surface area contributed by atoms with E-state index in [0.29, 0.717) is 11.3 Å². The van der Waals surface area contributed by atoms with E-state index < -0.39 is 17.5 Å². The van der Waals surface area contributed by atoms with Crippen LogP contribution < -0.4 is 4.74 Å². The third kappa shape index (κ3) is 4.96. The topological polar surface area (TPSA) is 82.1 Å². The molecular formula is C18H16O6. The number of aliphatic carboxylic acids is 1. The summed E-state index contributed by atoms with van der Waals surface area (Å²) >= 11 is 0. The zero-order chi connectivity index (χ0) is 17.4. The molecule has 0 saturated carbocycles. The summed E-state index contributed by atoms with van der Waals surface area (Å²) in [5.41, 5.74) is 0.797. The molecule has 0 amide bonds. The van der Waals surface area contributed by atoms with Crippen LogP contribution in [0.25, 0.3) is 6.08 Å². The highest BCUT2D eigenvalue weighted by Crippen LogP contribution is 2.13. The fourth-order valence-electron chi connectivity index (χ4n) is 1.84. The van der Waals surface area contributed by atoms with E-state index >= 15 is 0 Å². The Balaban J connectivity index is 1.95. The molecule has 0 atom stereocenters. The van der Waals surface area contributed by atoms with Gasteiger partial charge in [0.2, 0.25) is 0 Å². The van der Waals surface area contributed by atoms with Gasteiger partial charge in [0.15, 0.2) is 0 Å². The number of carbonyl (C=O) groups excluding carboxylic acids is 1. The van der Waals surface area contributed by atoms with E-state index in [1.165, 1.54) is 6.08 Å². The van der Waals surface area contributed by atoms with Crippen LogP contribution >= 0.6 is 0 Å². The molecule has 6 heteroatoms. The number of carbonyl (C=O) groups is 2. The highest BCUT2D eigenvalue weighted by Gasteiger charge is 2.20. The molecule has 0 radical (unpaired) electrons. The first kappa shape index (κ1) is 17.2. The molecule has 0 aliphatic carbocycles. The lowest BCUT2D eigenvalue weighted by Crippen LogP contribution is -2.15. The molecule has 0 unspecified atom stereocenters. The Bertz CT molecular complexity index is 719. The third-order valence-electron chi connectivity index (χ3n) is 3.08. The first-order valence-corrected chi connectivity index (χ1v) is 7.07. The summed E-state index contributed by atoms with van der Waals surface area (Å²) in [5.74, 6) is -1.77. The lowest BCUT2D eigenvalue weighted by Gasteiger charge is -2.05. The summed E-state index contributed by atoms with van der Waals surface area (Å²) in [5, 5.41) is 9.14. The number of methoxy groups -OCH3 is 1. The molecule has 2 aromatic rings. The molecule has 0 aliphatic heterocycles. The maximum absolute atomic E-state index is 11.9. The second-order valence-electron chi connectivity index (χ2n) is 4.75. The number of hydrogen-bond donors (Lipinski definition) is 1. The summed E-state index contributed by atoms with van der Waals surface area (Å²) < 4.78 is 5.03. The average molecular weight is 328 g/mol. The minimum absolute atomic E-state index is 0.00598. The maximum Gasteiger partial charge on any atom is 0.380 e. The van der Waals surface area contributed by atoms with Crippen molar-refractivity contribution in [2.75, 3.05) is 7.11 Å². The van der Waals surface area contributed by atoms with Crippen LogP contribution in [0, 0.1) is 0 Å². The Labute approximate surface area is 138 Å². The summed E-state index contributed by atoms with van der Waals surface area (Å²) in [4.78, 5) is 32.5. The molecule has 0 bridgehead atoms. The van der Waals surface area contributed by atoms with Crippen molar-refractivity contribution < 1.29 is 29.2 Å². The number of hydrogen-bond acceptors (Lipinski definition) is 5. The molecule has 124 valence electrons. The molecule has 0 fully saturated rings. The van der Waals surface area contributed by atoms with Crippen LogP contribution in [0.4, 0.5) is 0 Å². The van der Waals surface area contributed by atoms with E-state index in [0.717, 1.165) is 5.56 Å². The Morgan fingerprint density at radius 2 is 1.71 bits per heavy atom. The molecule has 0 aromatic heterocycles. The number of benzene rings is 2. The normalized spacial score (nSPS) is 11.0. The predicted molar refractivity (Wildman–Crippen MR) is 85.9 cm³/mol. The molecule has 0 aliphatic rings. The van der Waals surface area contributed by atoms with Gasteiger partial charge in [0.1, 0.15) is 17.9 Å². The fraction of sp³-hybridized carbons (Fsp3) is 0.111. The predicted octanol–water partition coefficient (Wildman–Crippen LogP) is 2.84. The van der Waals surface area contributed by atoms with Gasteiger partial charge in [-0.3, -0.25) is 4.89 Å². The highest BCUT2D eigenvalue weighted by molar-refractivity contribution is 6.16. The van der Waals surface area contributed by atoms with E-state index in [9.17, 15) is 9.59 Å². The monoisotopic (exact) mass is 328 g/mol. The van der Waals surface area contributed by atoms with Crippen LogP contribution in [0.3, 0.4) is 0 Å². The van der Waals surface area contributed by atoms with Crippen LogP contribution in [0.5, 0.6) is 5.75 Å². The molecule has 0 heterocycles. The van der Waals surface area contributed by atoms with Gasteiger partial charge in [-0.25, -0.2) is 9.59 Å². The van der Waals surface area contributed by atoms with Crippen LogP contribution in [0.1, 0.15) is 11.1 Å². The largest absolute Gasteiger partial charge is 0.497 e. The first-order chi connectivity index (χ1) is 11.6. The Morgan fingerprint density at radius 1 is 1.04 bits per heavy atom. The van der Waals surface area contributed by atoms with Gasteiger partial charge >= 0.3 is 11.9 Å². The van der Waals surface area contributed by atoms with Crippen molar-refractivity contribution in [3.05, 3.63) is 71.3 Å². The summed E-state index contributed by atoms with van der Waals surface area (Å²) in [6, 6.07) is 15.6. The lowest BCUT2D eigenvalue weighted by atomic mass is 10.1. The van der Waals surface area contributed by atoms with Gasteiger partial charge in [-0.2, -0.15) is 4.89 Å². The van der Waals surface area contributed by atoms with Crippen LogP contribution in [0.15, 0.2) is 60.2 Å². The summed E-state index contributed by atoms with van der Waals surface area (Å²) in [6.45, 7) is -0.00598. The lowest BCUT2D eigenvalue weighted by molar-refractivity contribution is -0.276. The number of carboxylic acids is 1. The van der Waals surface area contributed by atoms with Crippen molar-refractivity contribution >= 4 is 18.0 Å². The Kier molecular flexibility index (Phi) is 6.10. The van der Waals surface area contributed by atoms with E-state index in [-0.39, 0.29) is 6.61 Å². The maximum atomic E-state index is 11.9. The molecule has 0 saturated heterocycles. The van der Waals surface area contributed by atoms with Crippen LogP contribution in [0.2, 0.25) is 0 Å². The van der Waals surface area contributed by atoms with E-state index in [1.54, 1.807) is 61.7 Å². The quantitative estimate of drug-likeness (QED) is 0.277. The van der Waals surface area contributed by atoms with Crippen molar-refractivity contribution in [3.8, 4) is 5.75 Å². The van der Waals surface area contributed by atoms with Gasteiger partial charge in [0.05, 0.1) is 7.11 Å². The number of rotatable bonds is 7. The van der Waals surface area contributed by atoms with Crippen LogP contribution in [-0.4, -0.2) is 24.2 Å². The minimum Gasteiger partial charge on any atom is -0.497 e.